The zero-order valence-corrected chi connectivity index (χ0v) is 13.5. The lowest BCUT2D eigenvalue weighted by molar-refractivity contribution is 0.101. The van der Waals surface area contributed by atoms with Crippen molar-refractivity contribution in [2.75, 3.05) is 6.61 Å². The van der Waals surface area contributed by atoms with Gasteiger partial charge in [0.25, 0.3) is 0 Å². The van der Waals surface area contributed by atoms with E-state index in [0.29, 0.717) is 24.0 Å². The normalized spacial score (nSPS) is 15.3. The van der Waals surface area contributed by atoms with Gasteiger partial charge in [-0.1, -0.05) is 24.3 Å². The molecule has 1 heterocycles. The third-order valence-electron chi connectivity index (χ3n) is 4.10. The molecule has 1 atom stereocenters. The molecular weight excluding hydrogens is 290 g/mol. The highest BCUT2D eigenvalue weighted by molar-refractivity contribution is 5.97. The van der Waals surface area contributed by atoms with Crippen molar-refractivity contribution in [3.05, 3.63) is 47.7 Å². The van der Waals surface area contributed by atoms with E-state index in [9.17, 15) is 9.90 Å². The van der Waals surface area contributed by atoms with Crippen LogP contribution in [0.3, 0.4) is 0 Å². The molecule has 23 heavy (non-hydrogen) atoms. The molecule has 4 nitrogen and oxygen atoms in total. The Bertz CT molecular complexity index is 720. The van der Waals surface area contributed by atoms with E-state index >= 15 is 0 Å². The minimum Gasteiger partial charge on any atom is -0.477 e. The van der Waals surface area contributed by atoms with Crippen molar-refractivity contribution in [3.8, 4) is 17.0 Å². The molecule has 0 saturated heterocycles. The molecule has 120 valence electrons. The number of carbonyl (C=O) groups is 1. The number of aromatic nitrogens is 1. The van der Waals surface area contributed by atoms with Gasteiger partial charge in [0, 0.05) is 11.8 Å². The molecule has 1 unspecified atom stereocenters. The standard InChI is InChI=1S/C19H21NO3/c1-12(21)16-5-3-4-6-17(16)15-9-18(13(2)22)19(20-10-15)23-11-14-7-8-14/h3-6,9-10,12,14,21H,7-8,11H2,1-2H3. The maximum Gasteiger partial charge on any atom is 0.224 e. The summed E-state index contributed by atoms with van der Waals surface area (Å²) in [7, 11) is 0. The highest BCUT2D eigenvalue weighted by Gasteiger charge is 2.23. The Morgan fingerprint density at radius 2 is 2.13 bits per heavy atom. The van der Waals surface area contributed by atoms with E-state index in [1.54, 1.807) is 19.2 Å². The summed E-state index contributed by atoms with van der Waals surface area (Å²) in [6.07, 6.45) is 3.50. The largest absolute Gasteiger partial charge is 0.477 e. The molecular formula is C19H21NO3. The van der Waals surface area contributed by atoms with Crippen LogP contribution in [0.15, 0.2) is 36.5 Å². The van der Waals surface area contributed by atoms with E-state index in [1.165, 1.54) is 19.8 Å². The van der Waals surface area contributed by atoms with Crippen LogP contribution in [0.25, 0.3) is 11.1 Å². The molecule has 0 bridgehead atoms. The van der Waals surface area contributed by atoms with Gasteiger partial charge >= 0.3 is 0 Å². The first-order chi connectivity index (χ1) is 11.1. The smallest absolute Gasteiger partial charge is 0.224 e. The van der Waals surface area contributed by atoms with Crippen LogP contribution in [-0.2, 0) is 0 Å². The van der Waals surface area contributed by atoms with Gasteiger partial charge in [-0.25, -0.2) is 4.98 Å². The van der Waals surface area contributed by atoms with Crippen molar-refractivity contribution < 1.29 is 14.6 Å². The molecule has 0 spiro atoms. The summed E-state index contributed by atoms with van der Waals surface area (Å²) in [6.45, 7) is 3.87. The molecule has 1 N–H and O–H groups in total. The first kappa shape index (κ1) is 15.7. The van der Waals surface area contributed by atoms with E-state index in [1.807, 2.05) is 24.3 Å². The number of ketones is 1. The van der Waals surface area contributed by atoms with Gasteiger partial charge in [0.1, 0.15) is 0 Å². The second-order valence-corrected chi connectivity index (χ2v) is 6.15. The van der Waals surface area contributed by atoms with Crippen molar-refractivity contribution in [1.29, 1.82) is 0 Å². The maximum atomic E-state index is 12.0. The number of aliphatic hydroxyl groups is 1. The summed E-state index contributed by atoms with van der Waals surface area (Å²) in [5.74, 6) is 0.939. The average Bonchev–Trinajstić information content (AvgIpc) is 3.37. The third-order valence-corrected chi connectivity index (χ3v) is 4.10. The van der Waals surface area contributed by atoms with E-state index in [-0.39, 0.29) is 5.78 Å². The van der Waals surface area contributed by atoms with Crippen LogP contribution in [0.5, 0.6) is 5.88 Å². The lowest BCUT2D eigenvalue weighted by Gasteiger charge is -2.14. The number of aliphatic hydroxyl groups excluding tert-OH is 1. The molecule has 3 rings (SSSR count). The van der Waals surface area contributed by atoms with Crippen molar-refractivity contribution in [3.63, 3.8) is 0 Å². The van der Waals surface area contributed by atoms with E-state index in [4.69, 9.17) is 4.74 Å². The average molecular weight is 311 g/mol. The SMILES string of the molecule is CC(=O)c1cc(-c2ccccc2C(C)O)cnc1OCC1CC1. The Balaban J connectivity index is 1.97. The Kier molecular flexibility index (Phi) is 4.44. The van der Waals surface area contributed by atoms with Crippen molar-refractivity contribution in [2.24, 2.45) is 5.92 Å². The predicted molar refractivity (Wildman–Crippen MR) is 88.5 cm³/mol. The van der Waals surface area contributed by atoms with Crippen LogP contribution in [0, 0.1) is 5.92 Å². The van der Waals surface area contributed by atoms with Crippen LogP contribution in [0.1, 0.15) is 48.7 Å². The zero-order valence-electron chi connectivity index (χ0n) is 13.5. The van der Waals surface area contributed by atoms with E-state index in [0.717, 1.165) is 16.7 Å². The van der Waals surface area contributed by atoms with E-state index < -0.39 is 6.10 Å². The number of pyridine rings is 1. The molecule has 2 aromatic rings. The molecule has 0 aliphatic heterocycles. The fraction of sp³-hybridized carbons (Fsp3) is 0.368. The van der Waals surface area contributed by atoms with Gasteiger partial charge in [0.2, 0.25) is 5.88 Å². The van der Waals surface area contributed by atoms with Crippen molar-refractivity contribution in [2.45, 2.75) is 32.8 Å². The Morgan fingerprint density at radius 3 is 2.78 bits per heavy atom. The monoisotopic (exact) mass is 311 g/mol. The van der Waals surface area contributed by atoms with Gasteiger partial charge in [0.05, 0.1) is 18.3 Å². The minimum absolute atomic E-state index is 0.0697. The number of hydrogen-bond donors (Lipinski definition) is 1. The fourth-order valence-electron chi connectivity index (χ4n) is 2.57. The summed E-state index contributed by atoms with van der Waals surface area (Å²) in [6, 6.07) is 9.40. The fourth-order valence-corrected chi connectivity index (χ4v) is 2.57. The number of nitrogens with zero attached hydrogens (tertiary/aromatic N) is 1. The van der Waals surface area contributed by atoms with Gasteiger partial charge in [-0.3, -0.25) is 4.79 Å². The number of Topliss-reactive ketones (excluding diaryl/α,β-unsaturated/α-hetero) is 1. The summed E-state index contributed by atoms with van der Waals surface area (Å²) in [5.41, 5.74) is 3.00. The second kappa shape index (κ2) is 6.50. The molecule has 1 aromatic carbocycles. The highest BCUT2D eigenvalue weighted by atomic mass is 16.5. The summed E-state index contributed by atoms with van der Waals surface area (Å²) in [4.78, 5) is 16.3. The molecule has 1 aromatic heterocycles. The summed E-state index contributed by atoms with van der Waals surface area (Å²) < 4.78 is 5.71. The molecule has 1 aliphatic rings. The second-order valence-electron chi connectivity index (χ2n) is 6.15. The Labute approximate surface area is 136 Å². The number of rotatable bonds is 6. The van der Waals surface area contributed by atoms with E-state index in [2.05, 4.69) is 4.98 Å². The summed E-state index contributed by atoms with van der Waals surface area (Å²) >= 11 is 0. The highest BCUT2D eigenvalue weighted by Crippen LogP contribution is 2.32. The van der Waals surface area contributed by atoms with Crippen LogP contribution in [0.2, 0.25) is 0 Å². The third kappa shape index (κ3) is 3.59. The number of ether oxygens (including phenoxy) is 1. The maximum absolute atomic E-state index is 12.0. The number of carbonyl (C=O) groups excluding carboxylic acids is 1. The Morgan fingerprint density at radius 1 is 1.39 bits per heavy atom. The quantitative estimate of drug-likeness (QED) is 0.825. The van der Waals surface area contributed by atoms with Gasteiger partial charge in [0.15, 0.2) is 5.78 Å². The first-order valence-electron chi connectivity index (χ1n) is 7.97. The molecule has 1 fully saturated rings. The number of benzene rings is 1. The molecule has 4 heteroatoms. The van der Waals surface area contributed by atoms with Gasteiger partial charge in [-0.2, -0.15) is 0 Å². The summed E-state index contributed by atoms with van der Waals surface area (Å²) in [5, 5.41) is 9.94. The minimum atomic E-state index is -0.585. The molecule has 1 aliphatic carbocycles. The van der Waals surface area contributed by atoms with Crippen LogP contribution in [0.4, 0.5) is 0 Å². The molecule has 0 amide bonds. The van der Waals surface area contributed by atoms with Gasteiger partial charge < -0.3 is 9.84 Å². The van der Waals surface area contributed by atoms with Crippen LogP contribution in [-0.4, -0.2) is 22.5 Å². The van der Waals surface area contributed by atoms with Gasteiger partial charge in [-0.15, -0.1) is 0 Å². The molecule has 0 radical (unpaired) electrons. The van der Waals surface area contributed by atoms with Crippen molar-refractivity contribution in [1.82, 2.24) is 4.98 Å². The Hall–Kier alpha value is -2.20. The van der Waals surface area contributed by atoms with Gasteiger partial charge in [-0.05, 0) is 49.8 Å². The van der Waals surface area contributed by atoms with Crippen LogP contribution >= 0.6 is 0 Å². The molecule has 1 saturated carbocycles. The zero-order chi connectivity index (χ0) is 16.4. The first-order valence-corrected chi connectivity index (χ1v) is 7.97. The van der Waals surface area contributed by atoms with Crippen LogP contribution < -0.4 is 4.74 Å². The van der Waals surface area contributed by atoms with Crippen molar-refractivity contribution >= 4 is 5.78 Å². The lowest BCUT2D eigenvalue weighted by Crippen LogP contribution is -2.06. The topological polar surface area (TPSA) is 59.4 Å². The number of hydrogen-bond acceptors (Lipinski definition) is 4. The lowest BCUT2D eigenvalue weighted by atomic mass is 9.96. The predicted octanol–water partition coefficient (Wildman–Crippen LogP) is 3.79.